The van der Waals surface area contributed by atoms with Gasteiger partial charge >= 0.3 is 6.09 Å². The standard InChI is InChI=1S/C16H16N2O2S/c19-16(20-10-13-4-2-1-3-5-13)18-8-6-14(7-9-18)15-11-21-12-17-15/h1-6,11-12H,7-10H2. The van der Waals surface area contributed by atoms with Gasteiger partial charge in [-0.15, -0.1) is 11.3 Å². The van der Waals surface area contributed by atoms with Crippen molar-refractivity contribution in [3.63, 3.8) is 0 Å². The molecule has 1 aliphatic heterocycles. The predicted octanol–water partition coefficient (Wildman–Crippen LogP) is 3.57. The van der Waals surface area contributed by atoms with Gasteiger partial charge in [0.05, 0.1) is 11.2 Å². The lowest BCUT2D eigenvalue weighted by molar-refractivity contribution is 0.0998. The molecule has 108 valence electrons. The molecule has 0 saturated heterocycles. The highest BCUT2D eigenvalue weighted by Gasteiger charge is 2.19. The van der Waals surface area contributed by atoms with Gasteiger partial charge in [0.2, 0.25) is 0 Å². The molecule has 1 aromatic carbocycles. The van der Waals surface area contributed by atoms with E-state index in [0.29, 0.717) is 19.7 Å². The van der Waals surface area contributed by atoms with Crippen LogP contribution in [0.5, 0.6) is 0 Å². The fourth-order valence-corrected chi connectivity index (χ4v) is 2.83. The molecule has 1 aromatic heterocycles. The first-order valence-electron chi connectivity index (χ1n) is 6.86. The summed E-state index contributed by atoms with van der Waals surface area (Å²) >= 11 is 1.59. The van der Waals surface area contributed by atoms with E-state index in [9.17, 15) is 4.79 Å². The molecule has 0 saturated carbocycles. The van der Waals surface area contributed by atoms with Crippen molar-refractivity contribution in [1.29, 1.82) is 0 Å². The van der Waals surface area contributed by atoms with Gasteiger partial charge in [0, 0.05) is 18.5 Å². The lowest BCUT2D eigenvalue weighted by atomic mass is 10.1. The average molecular weight is 300 g/mol. The van der Waals surface area contributed by atoms with Gasteiger partial charge in [-0.2, -0.15) is 0 Å². The highest BCUT2D eigenvalue weighted by Crippen LogP contribution is 2.22. The van der Waals surface area contributed by atoms with Crippen molar-refractivity contribution in [2.24, 2.45) is 0 Å². The Bertz CT molecular complexity index is 623. The summed E-state index contributed by atoms with van der Waals surface area (Å²) in [5, 5.41) is 2.04. The Morgan fingerprint density at radius 2 is 2.19 bits per heavy atom. The molecule has 2 aromatic rings. The lowest BCUT2D eigenvalue weighted by Crippen LogP contribution is -2.35. The number of thiazole rings is 1. The van der Waals surface area contributed by atoms with Gasteiger partial charge in [0.1, 0.15) is 6.61 Å². The highest BCUT2D eigenvalue weighted by atomic mass is 32.1. The second-order valence-corrected chi connectivity index (χ2v) is 5.56. The third-order valence-corrected chi connectivity index (χ3v) is 4.02. The molecule has 0 unspecified atom stereocenters. The molecule has 0 aliphatic carbocycles. The van der Waals surface area contributed by atoms with E-state index in [4.69, 9.17) is 4.74 Å². The van der Waals surface area contributed by atoms with Gasteiger partial charge in [-0.1, -0.05) is 36.4 Å². The summed E-state index contributed by atoms with van der Waals surface area (Å²) in [4.78, 5) is 18.0. The monoisotopic (exact) mass is 300 g/mol. The maximum absolute atomic E-state index is 12.0. The number of hydrogen-bond donors (Lipinski definition) is 0. The Hall–Kier alpha value is -2.14. The van der Waals surface area contributed by atoms with Gasteiger partial charge in [-0.25, -0.2) is 9.78 Å². The number of rotatable bonds is 3. The third-order valence-electron chi connectivity index (χ3n) is 3.43. The van der Waals surface area contributed by atoms with Crippen molar-refractivity contribution >= 4 is 23.0 Å². The first-order chi connectivity index (χ1) is 10.3. The maximum atomic E-state index is 12.0. The van der Waals surface area contributed by atoms with E-state index in [2.05, 4.69) is 11.1 Å². The van der Waals surface area contributed by atoms with Crippen molar-refractivity contribution in [3.05, 3.63) is 58.6 Å². The molecule has 0 bridgehead atoms. The minimum atomic E-state index is -0.257. The van der Waals surface area contributed by atoms with Crippen molar-refractivity contribution < 1.29 is 9.53 Å². The van der Waals surface area contributed by atoms with Crippen LogP contribution in [0.2, 0.25) is 0 Å². The van der Waals surface area contributed by atoms with Gasteiger partial charge in [0.15, 0.2) is 0 Å². The molecule has 4 nitrogen and oxygen atoms in total. The summed E-state index contributed by atoms with van der Waals surface area (Å²) in [7, 11) is 0. The Labute approximate surface area is 127 Å². The van der Waals surface area contributed by atoms with Crippen LogP contribution in [0.3, 0.4) is 0 Å². The molecular weight excluding hydrogens is 284 g/mol. The van der Waals surface area contributed by atoms with Crippen LogP contribution in [0, 0.1) is 0 Å². The maximum Gasteiger partial charge on any atom is 0.410 e. The molecular formula is C16H16N2O2S. The zero-order chi connectivity index (χ0) is 14.5. The Morgan fingerprint density at radius 1 is 1.33 bits per heavy atom. The number of hydrogen-bond acceptors (Lipinski definition) is 4. The smallest absolute Gasteiger partial charge is 0.410 e. The number of carbonyl (C=O) groups excluding carboxylic acids is 1. The molecule has 0 radical (unpaired) electrons. The summed E-state index contributed by atoms with van der Waals surface area (Å²) in [6, 6.07) is 9.72. The Morgan fingerprint density at radius 3 is 2.86 bits per heavy atom. The zero-order valence-electron chi connectivity index (χ0n) is 11.6. The summed E-state index contributed by atoms with van der Waals surface area (Å²) in [5.41, 5.74) is 5.07. The van der Waals surface area contributed by atoms with E-state index < -0.39 is 0 Å². The van der Waals surface area contributed by atoms with Crippen LogP contribution in [0.4, 0.5) is 4.79 Å². The zero-order valence-corrected chi connectivity index (χ0v) is 12.4. The van der Waals surface area contributed by atoms with Crippen LogP contribution in [-0.2, 0) is 11.3 Å². The van der Waals surface area contributed by atoms with E-state index in [1.807, 2.05) is 41.2 Å². The molecule has 2 heterocycles. The SMILES string of the molecule is O=C(OCc1ccccc1)N1CC=C(c2cscn2)CC1. The number of benzene rings is 1. The Kier molecular flexibility index (Phi) is 4.31. The van der Waals surface area contributed by atoms with Gasteiger partial charge < -0.3 is 9.64 Å². The van der Waals surface area contributed by atoms with E-state index in [-0.39, 0.29) is 6.09 Å². The van der Waals surface area contributed by atoms with Crippen molar-refractivity contribution in [2.75, 3.05) is 13.1 Å². The first-order valence-corrected chi connectivity index (χ1v) is 7.80. The minimum absolute atomic E-state index is 0.257. The van der Waals surface area contributed by atoms with Crippen LogP contribution in [-0.4, -0.2) is 29.1 Å². The van der Waals surface area contributed by atoms with Crippen molar-refractivity contribution in [1.82, 2.24) is 9.88 Å². The minimum Gasteiger partial charge on any atom is -0.445 e. The van der Waals surface area contributed by atoms with Crippen LogP contribution < -0.4 is 0 Å². The molecule has 21 heavy (non-hydrogen) atoms. The first kappa shape index (κ1) is 13.8. The molecule has 0 atom stereocenters. The van der Waals surface area contributed by atoms with E-state index in [1.54, 1.807) is 16.2 Å². The lowest BCUT2D eigenvalue weighted by Gasteiger charge is -2.25. The number of carbonyl (C=O) groups is 1. The second-order valence-electron chi connectivity index (χ2n) is 4.84. The topological polar surface area (TPSA) is 42.4 Å². The summed E-state index contributed by atoms with van der Waals surface area (Å²) in [6.07, 6.45) is 2.62. The quantitative estimate of drug-likeness (QED) is 0.870. The van der Waals surface area contributed by atoms with Gasteiger partial charge in [-0.05, 0) is 17.6 Å². The predicted molar refractivity (Wildman–Crippen MR) is 82.9 cm³/mol. The third kappa shape index (κ3) is 3.49. The summed E-state index contributed by atoms with van der Waals surface area (Å²) in [6.45, 7) is 1.58. The molecule has 0 fully saturated rings. The van der Waals surface area contributed by atoms with E-state index in [0.717, 1.165) is 17.7 Å². The molecule has 0 N–H and O–H groups in total. The van der Waals surface area contributed by atoms with Crippen molar-refractivity contribution in [3.8, 4) is 0 Å². The molecule has 1 amide bonds. The molecule has 1 aliphatic rings. The van der Waals surface area contributed by atoms with Crippen LogP contribution in [0.25, 0.3) is 5.57 Å². The number of nitrogens with zero attached hydrogens (tertiary/aromatic N) is 2. The second kappa shape index (κ2) is 6.54. The molecule has 5 heteroatoms. The molecule has 3 rings (SSSR count). The van der Waals surface area contributed by atoms with E-state index in [1.165, 1.54) is 5.57 Å². The fraction of sp³-hybridized carbons (Fsp3) is 0.250. The van der Waals surface area contributed by atoms with Gasteiger partial charge in [-0.3, -0.25) is 0 Å². The number of amides is 1. The largest absolute Gasteiger partial charge is 0.445 e. The summed E-state index contributed by atoms with van der Waals surface area (Å²) in [5.74, 6) is 0. The van der Waals surface area contributed by atoms with Crippen molar-refractivity contribution in [2.45, 2.75) is 13.0 Å². The molecule has 0 spiro atoms. The van der Waals surface area contributed by atoms with E-state index >= 15 is 0 Å². The van der Waals surface area contributed by atoms with Crippen LogP contribution in [0.15, 0.2) is 47.3 Å². The van der Waals surface area contributed by atoms with Crippen LogP contribution >= 0.6 is 11.3 Å². The number of aromatic nitrogens is 1. The highest BCUT2D eigenvalue weighted by molar-refractivity contribution is 7.07. The van der Waals surface area contributed by atoms with Crippen LogP contribution in [0.1, 0.15) is 17.7 Å². The normalized spacial score (nSPS) is 14.7. The van der Waals surface area contributed by atoms with Gasteiger partial charge in [0.25, 0.3) is 0 Å². The Balaban J connectivity index is 1.53. The fourth-order valence-electron chi connectivity index (χ4n) is 2.25. The average Bonchev–Trinajstić information content (AvgIpc) is 3.08. The number of ether oxygens (including phenoxy) is 1. The summed E-state index contributed by atoms with van der Waals surface area (Å²) < 4.78 is 5.34.